The van der Waals surface area contributed by atoms with E-state index in [0.29, 0.717) is 19.6 Å². The Balaban J connectivity index is 1.98. The third-order valence-corrected chi connectivity index (χ3v) is 3.49. The third-order valence-electron chi connectivity index (χ3n) is 3.49. The van der Waals surface area contributed by atoms with Crippen molar-refractivity contribution in [3.05, 3.63) is 35.9 Å². The molecule has 1 aliphatic heterocycles. The zero-order chi connectivity index (χ0) is 14.6. The van der Waals surface area contributed by atoms with E-state index in [1.807, 2.05) is 32.0 Å². The number of ether oxygens (including phenoxy) is 1. The normalized spacial score (nSPS) is 19.8. The van der Waals surface area contributed by atoms with Crippen molar-refractivity contribution in [1.82, 2.24) is 10.2 Å². The van der Waals surface area contributed by atoms with Crippen molar-refractivity contribution in [2.75, 3.05) is 26.2 Å². The van der Waals surface area contributed by atoms with Crippen molar-refractivity contribution in [2.24, 2.45) is 5.73 Å². The van der Waals surface area contributed by atoms with E-state index in [0.717, 1.165) is 6.54 Å². The summed E-state index contributed by atoms with van der Waals surface area (Å²) in [6.07, 6.45) is -0.289. The Bertz CT molecular complexity index is 448. The van der Waals surface area contributed by atoms with Crippen LogP contribution in [0.2, 0.25) is 0 Å². The van der Waals surface area contributed by atoms with Gasteiger partial charge in [0.2, 0.25) is 0 Å². The number of amides is 1. The van der Waals surface area contributed by atoms with Gasteiger partial charge in [-0.25, -0.2) is 4.79 Å². The Kier molecular flexibility index (Phi) is 4.62. The zero-order valence-electron chi connectivity index (χ0n) is 12.1. The molecule has 1 atom stereocenters. The van der Waals surface area contributed by atoms with Gasteiger partial charge in [-0.05, 0) is 19.4 Å². The lowest BCUT2D eigenvalue weighted by atomic mass is 10.1. The number of carbonyl (C=O) groups is 1. The number of hydrogen-bond acceptors (Lipinski definition) is 4. The molecule has 5 heteroatoms. The highest BCUT2D eigenvalue weighted by atomic mass is 16.6. The molecule has 1 aliphatic rings. The van der Waals surface area contributed by atoms with Crippen molar-refractivity contribution in [1.29, 1.82) is 0 Å². The van der Waals surface area contributed by atoms with Crippen LogP contribution >= 0.6 is 0 Å². The van der Waals surface area contributed by atoms with Crippen LogP contribution in [-0.4, -0.2) is 42.8 Å². The second kappa shape index (κ2) is 6.24. The molecule has 0 spiro atoms. The third kappa shape index (κ3) is 3.71. The first-order chi connectivity index (χ1) is 9.52. The number of nitrogens with two attached hydrogens (primary N) is 1. The van der Waals surface area contributed by atoms with Crippen LogP contribution in [0.1, 0.15) is 25.5 Å². The topological polar surface area (TPSA) is 67.6 Å². The van der Waals surface area contributed by atoms with Crippen LogP contribution in [0.4, 0.5) is 4.79 Å². The number of hydrogen-bond donors (Lipinski definition) is 2. The number of carbonyl (C=O) groups excluding carboxylic acids is 1. The van der Waals surface area contributed by atoms with Gasteiger partial charge in [0.15, 0.2) is 0 Å². The highest BCUT2D eigenvalue weighted by Crippen LogP contribution is 2.18. The van der Waals surface area contributed by atoms with E-state index in [4.69, 9.17) is 10.5 Å². The molecule has 5 nitrogen and oxygen atoms in total. The van der Waals surface area contributed by atoms with Crippen LogP contribution in [0.15, 0.2) is 30.3 Å². The minimum atomic E-state index is -0.621. The summed E-state index contributed by atoms with van der Waals surface area (Å²) in [6, 6.07) is 10.3. The fourth-order valence-electron chi connectivity index (χ4n) is 2.17. The quantitative estimate of drug-likeness (QED) is 0.879. The molecule has 0 aromatic heterocycles. The van der Waals surface area contributed by atoms with Crippen LogP contribution in [0.5, 0.6) is 0 Å². The molecule has 110 valence electrons. The highest BCUT2D eigenvalue weighted by molar-refractivity contribution is 5.68. The van der Waals surface area contributed by atoms with Crippen molar-refractivity contribution in [2.45, 2.75) is 25.5 Å². The maximum Gasteiger partial charge on any atom is 0.410 e. The van der Waals surface area contributed by atoms with Crippen LogP contribution in [0, 0.1) is 0 Å². The van der Waals surface area contributed by atoms with Gasteiger partial charge in [-0.3, -0.25) is 0 Å². The lowest BCUT2D eigenvalue weighted by molar-refractivity contribution is 0.0139. The first-order valence-electron chi connectivity index (χ1n) is 6.98. The highest BCUT2D eigenvalue weighted by Gasteiger charge is 2.29. The van der Waals surface area contributed by atoms with Crippen LogP contribution in [-0.2, 0) is 4.74 Å². The lowest BCUT2D eigenvalue weighted by Gasteiger charge is -2.35. The standard InChI is InChI=1S/C15H23N3O2/c1-15(2,11-16)20-14(19)18-9-8-17-13(10-18)12-6-4-3-5-7-12/h3-7,13,17H,8-11,16H2,1-2H3. The molecule has 1 amide bonds. The van der Waals surface area contributed by atoms with Gasteiger partial charge in [0.25, 0.3) is 0 Å². The Morgan fingerprint density at radius 1 is 1.45 bits per heavy atom. The molecule has 1 heterocycles. The monoisotopic (exact) mass is 277 g/mol. The lowest BCUT2D eigenvalue weighted by Crippen LogP contribution is -2.50. The van der Waals surface area contributed by atoms with Gasteiger partial charge >= 0.3 is 6.09 Å². The number of rotatable bonds is 3. The van der Waals surface area contributed by atoms with Crippen molar-refractivity contribution >= 4 is 6.09 Å². The molecule has 1 aromatic carbocycles. The van der Waals surface area contributed by atoms with Gasteiger partial charge < -0.3 is 20.7 Å². The van der Waals surface area contributed by atoms with E-state index in [-0.39, 0.29) is 12.1 Å². The maximum atomic E-state index is 12.2. The van der Waals surface area contributed by atoms with Crippen LogP contribution in [0.3, 0.4) is 0 Å². The average Bonchev–Trinajstić information content (AvgIpc) is 2.48. The van der Waals surface area contributed by atoms with Crippen LogP contribution < -0.4 is 11.1 Å². The van der Waals surface area contributed by atoms with E-state index >= 15 is 0 Å². The Morgan fingerprint density at radius 3 is 2.80 bits per heavy atom. The molecule has 2 rings (SSSR count). The second-order valence-electron chi connectivity index (χ2n) is 5.70. The van der Waals surface area contributed by atoms with E-state index in [1.165, 1.54) is 5.56 Å². The summed E-state index contributed by atoms with van der Waals surface area (Å²) < 4.78 is 5.44. The molecule has 0 aliphatic carbocycles. The van der Waals surface area contributed by atoms with Gasteiger partial charge in [-0.2, -0.15) is 0 Å². The fourth-order valence-corrected chi connectivity index (χ4v) is 2.17. The van der Waals surface area contributed by atoms with Gasteiger partial charge in [-0.15, -0.1) is 0 Å². The van der Waals surface area contributed by atoms with Crippen molar-refractivity contribution in [3.8, 4) is 0 Å². The van der Waals surface area contributed by atoms with Gasteiger partial charge in [0, 0.05) is 26.2 Å². The molecule has 0 radical (unpaired) electrons. The van der Waals surface area contributed by atoms with E-state index in [9.17, 15) is 4.79 Å². The second-order valence-corrected chi connectivity index (χ2v) is 5.70. The van der Waals surface area contributed by atoms with E-state index in [1.54, 1.807) is 4.90 Å². The van der Waals surface area contributed by atoms with Crippen LogP contribution in [0.25, 0.3) is 0 Å². The summed E-state index contributed by atoms with van der Waals surface area (Å²) in [5.41, 5.74) is 6.16. The van der Waals surface area contributed by atoms with E-state index in [2.05, 4.69) is 17.4 Å². The Morgan fingerprint density at radius 2 is 2.15 bits per heavy atom. The summed E-state index contributed by atoms with van der Waals surface area (Å²) in [7, 11) is 0. The van der Waals surface area contributed by atoms with E-state index < -0.39 is 5.60 Å². The molecule has 1 saturated heterocycles. The number of piperazine rings is 1. The molecule has 1 fully saturated rings. The average molecular weight is 277 g/mol. The molecule has 1 unspecified atom stereocenters. The van der Waals surface area contributed by atoms with Crippen molar-refractivity contribution in [3.63, 3.8) is 0 Å². The SMILES string of the molecule is CC(C)(CN)OC(=O)N1CCNC(c2ccccc2)C1. The number of nitrogens with zero attached hydrogens (tertiary/aromatic N) is 1. The summed E-state index contributed by atoms with van der Waals surface area (Å²) in [6.45, 7) is 5.99. The smallest absolute Gasteiger partial charge is 0.410 e. The molecule has 20 heavy (non-hydrogen) atoms. The summed E-state index contributed by atoms with van der Waals surface area (Å²) in [5.74, 6) is 0. The minimum absolute atomic E-state index is 0.151. The molecule has 3 N–H and O–H groups in total. The minimum Gasteiger partial charge on any atom is -0.442 e. The van der Waals surface area contributed by atoms with Crippen molar-refractivity contribution < 1.29 is 9.53 Å². The molecule has 0 saturated carbocycles. The predicted octanol–water partition coefficient (Wildman–Crippen LogP) is 1.51. The Hall–Kier alpha value is -1.59. The first-order valence-corrected chi connectivity index (χ1v) is 6.98. The largest absolute Gasteiger partial charge is 0.442 e. The van der Waals surface area contributed by atoms with Gasteiger partial charge in [0.1, 0.15) is 5.60 Å². The molecule has 0 bridgehead atoms. The summed E-state index contributed by atoms with van der Waals surface area (Å²) >= 11 is 0. The molecular weight excluding hydrogens is 254 g/mol. The van der Waals surface area contributed by atoms with Gasteiger partial charge in [0.05, 0.1) is 6.04 Å². The molecular formula is C15H23N3O2. The zero-order valence-corrected chi connectivity index (χ0v) is 12.1. The Labute approximate surface area is 120 Å². The summed E-state index contributed by atoms with van der Waals surface area (Å²) in [5, 5.41) is 3.42. The number of benzene rings is 1. The maximum absolute atomic E-state index is 12.2. The first kappa shape index (κ1) is 14.8. The number of nitrogens with one attached hydrogen (secondary N) is 1. The predicted molar refractivity (Wildman–Crippen MR) is 78.4 cm³/mol. The van der Waals surface area contributed by atoms with Gasteiger partial charge in [-0.1, -0.05) is 30.3 Å². The molecule has 1 aromatic rings. The fraction of sp³-hybridized carbons (Fsp3) is 0.533. The summed E-state index contributed by atoms with van der Waals surface area (Å²) in [4.78, 5) is 13.9.